The summed E-state index contributed by atoms with van der Waals surface area (Å²) in [6.07, 6.45) is 0. The van der Waals surface area contributed by atoms with Crippen LogP contribution in [0.3, 0.4) is 0 Å². The van der Waals surface area contributed by atoms with Crippen molar-refractivity contribution in [3.8, 4) is 33.4 Å². The Kier molecular flexibility index (Phi) is 10.4. The third-order valence-electron chi connectivity index (χ3n) is 15.9. The molecule has 13 aromatic carbocycles. The fraction of sp³-hybridized carbons (Fsp3) is 0.0541. The molecule has 0 fully saturated rings. The first-order valence-electron chi connectivity index (χ1n) is 26.9. The molecule has 15 rings (SSSR count). The lowest BCUT2D eigenvalue weighted by Crippen LogP contribution is -2.12. The lowest BCUT2D eigenvalue weighted by atomic mass is 9.82. The van der Waals surface area contributed by atoms with Gasteiger partial charge in [-0.05, 0) is 134 Å². The van der Waals surface area contributed by atoms with Gasteiger partial charge < -0.3 is 18.6 Å². The van der Waals surface area contributed by atoms with Crippen LogP contribution in [0.4, 0.5) is 34.1 Å². The predicted molar refractivity (Wildman–Crippen MR) is 329 cm³/mol. The normalized spacial score (nSPS) is 12.0. The van der Waals surface area contributed by atoms with E-state index in [1.807, 2.05) is 24.3 Å². The third kappa shape index (κ3) is 7.44. The van der Waals surface area contributed by atoms with Crippen molar-refractivity contribution in [3.05, 3.63) is 266 Å². The molecule has 78 heavy (non-hydrogen) atoms. The molecule has 4 heteroatoms. The number of fused-ring (bicyclic) bond motifs is 6. The number of hydrogen-bond donors (Lipinski definition) is 0. The van der Waals surface area contributed by atoms with E-state index < -0.39 is 0 Å². The fourth-order valence-electron chi connectivity index (χ4n) is 12.1. The molecule has 2 aromatic heterocycles. The van der Waals surface area contributed by atoms with Crippen molar-refractivity contribution in [2.24, 2.45) is 0 Å². The van der Waals surface area contributed by atoms with Crippen molar-refractivity contribution in [1.82, 2.24) is 0 Å². The summed E-state index contributed by atoms with van der Waals surface area (Å²) >= 11 is 0. The highest BCUT2D eigenvalue weighted by molar-refractivity contribution is 6.29. The largest absolute Gasteiger partial charge is 0.455 e. The number of para-hydroxylation sites is 6. The first-order valence-corrected chi connectivity index (χ1v) is 26.9. The van der Waals surface area contributed by atoms with E-state index in [1.165, 1.54) is 43.4 Å². The minimum atomic E-state index is -0.00545. The first kappa shape index (κ1) is 45.5. The van der Waals surface area contributed by atoms with Crippen LogP contribution in [0.25, 0.3) is 110 Å². The Morgan fingerprint density at radius 2 is 0.705 bits per heavy atom. The average molecular weight is 1000 g/mol. The van der Waals surface area contributed by atoms with E-state index in [1.54, 1.807) is 0 Å². The van der Waals surface area contributed by atoms with Crippen LogP contribution in [0, 0.1) is 0 Å². The molecule has 0 atom stereocenters. The summed E-state index contributed by atoms with van der Waals surface area (Å²) in [4.78, 5) is 4.78. The van der Waals surface area contributed by atoms with Crippen LogP contribution in [-0.4, -0.2) is 0 Å². The summed E-state index contributed by atoms with van der Waals surface area (Å²) in [6.45, 7) is 6.91. The van der Waals surface area contributed by atoms with Crippen LogP contribution in [-0.2, 0) is 5.41 Å². The molecule has 0 unspecified atom stereocenters. The molecule has 370 valence electrons. The van der Waals surface area contributed by atoms with Gasteiger partial charge in [-0.3, -0.25) is 0 Å². The van der Waals surface area contributed by atoms with Gasteiger partial charge in [0.05, 0.1) is 5.69 Å². The van der Waals surface area contributed by atoms with E-state index in [0.717, 1.165) is 106 Å². The molecule has 0 aliphatic carbocycles. The first-order chi connectivity index (χ1) is 38.3. The number of rotatable bonds is 9. The Bertz CT molecular complexity index is 4720. The second-order valence-corrected chi connectivity index (χ2v) is 21.6. The Labute approximate surface area is 452 Å². The van der Waals surface area contributed by atoms with Crippen LogP contribution in [0.2, 0.25) is 0 Å². The Morgan fingerprint density at radius 1 is 0.295 bits per heavy atom. The van der Waals surface area contributed by atoms with Crippen molar-refractivity contribution >= 4 is 110 Å². The summed E-state index contributed by atoms with van der Waals surface area (Å²) in [5, 5.41) is 12.0. The standard InChI is InChI=1S/C74H52N2O2/c1-74(2,3)52-44-50-34-42-62-66(49-32-38-56(39-33-49)75(53-16-6-4-7-17-53)55-36-28-47(29-37-55)58-22-14-24-63-60-20-10-12-26-68(60)77-72(58)63)46-67(65-43-35-51(45-52)70(50)71(62)65)76(54-18-8-5-9-19-54)57-40-30-48(31-41-57)59-23-15-25-64-61-21-11-13-27-69(61)78-73(59)64/h4-46H,1-3H3. The maximum absolute atomic E-state index is 6.53. The number of nitrogens with zero attached hydrogens (tertiary/aromatic N) is 2. The van der Waals surface area contributed by atoms with Crippen LogP contribution in [0.1, 0.15) is 26.3 Å². The van der Waals surface area contributed by atoms with Gasteiger partial charge in [0.1, 0.15) is 22.3 Å². The van der Waals surface area contributed by atoms with Gasteiger partial charge in [-0.25, -0.2) is 0 Å². The maximum Gasteiger partial charge on any atom is 0.143 e. The molecule has 0 amide bonds. The Hall–Kier alpha value is -9.90. The van der Waals surface area contributed by atoms with E-state index in [9.17, 15) is 0 Å². The number of anilines is 6. The van der Waals surface area contributed by atoms with Crippen molar-refractivity contribution in [1.29, 1.82) is 0 Å². The molecule has 0 saturated carbocycles. The van der Waals surface area contributed by atoms with Crippen molar-refractivity contribution in [2.45, 2.75) is 26.2 Å². The van der Waals surface area contributed by atoms with Gasteiger partial charge in [0, 0.05) is 71.9 Å². The highest BCUT2D eigenvalue weighted by Crippen LogP contribution is 2.49. The average Bonchev–Trinajstić information content (AvgIpc) is 4.13. The molecule has 0 spiro atoms. The molecule has 0 saturated heterocycles. The maximum atomic E-state index is 6.53. The van der Waals surface area contributed by atoms with Crippen molar-refractivity contribution in [2.75, 3.05) is 9.80 Å². The van der Waals surface area contributed by atoms with Crippen LogP contribution < -0.4 is 9.80 Å². The highest BCUT2D eigenvalue weighted by atomic mass is 16.3. The van der Waals surface area contributed by atoms with Crippen molar-refractivity contribution < 1.29 is 8.83 Å². The van der Waals surface area contributed by atoms with Crippen LogP contribution >= 0.6 is 0 Å². The zero-order chi connectivity index (χ0) is 52.1. The summed E-state index contributed by atoms with van der Waals surface area (Å²) < 4.78 is 13.0. The molecule has 0 radical (unpaired) electrons. The summed E-state index contributed by atoms with van der Waals surface area (Å²) in [7, 11) is 0. The molecule has 0 aliphatic heterocycles. The molecule has 15 aromatic rings. The van der Waals surface area contributed by atoms with Crippen LogP contribution in [0.15, 0.2) is 270 Å². The van der Waals surface area contributed by atoms with Gasteiger partial charge in [0.2, 0.25) is 0 Å². The van der Waals surface area contributed by atoms with E-state index in [0.29, 0.717) is 0 Å². The summed E-state index contributed by atoms with van der Waals surface area (Å²) in [5.41, 5.74) is 18.0. The van der Waals surface area contributed by atoms with Gasteiger partial charge in [-0.2, -0.15) is 0 Å². The van der Waals surface area contributed by atoms with Gasteiger partial charge in [-0.15, -0.1) is 0 Å². The van der Waals surface area contributed by atoms with Gasteiger partial charge in [-0.1, -0.05) is 203 Å². The lowest BCUT2D eigenvalue weighted by molar-refractivity contribution is 0.591. The van der Waals surface area contributed by atoms with E-state index >= 15 is 0 Å². The fourth-order valence-corrected chi connectivity index (χ4v) is 12.1. The zero-order valence-electron chi connectivity index (χ0n) is 43.5. The minimum absolute atomic E-state index is 0.00545. The summed E-state index contributed by atoms with van der Waals surface area (Å²) in [5.74, 6) is 0. The lowest BCUT2D eigenvalue weighted by Gasteiger charge is -2.29. The number of furan rings is 2. The van der Waals surface area contributed by atoms with Gasteiger partial charge >= 0.3 is 0 Å². The van der Waals surface area contributed by atoms with Crippen LogP contribution in [0.5, 0.6) is 0 Å². The molecule has 0 bridgehead atoms. The molecule has 0 N–H and O–H groups in total. The van der Waals surface area contributed by atoms with E-state index in [2.05, 4.69) is 267 Å². The van der Waals surface area contributed by atoms with Gasteiger partial charge in [0.25, 0.3) is 0 Å². The monoisotopic (exact) mass is 1000 g/mol. The van der Waals surface area contributed by atoms with E-state index in [4.69, 9.17) is 8.83 Å². The minimum Gasteiger partial charge on any atom is -0.455 e. The number of hydrogen-bond acceptors (Lipinski definition) is 4. The van der Waals surface area contributed by atoms with Crippen molar-refractivity contribution in [3.63, 3.8) is 0 Å². The molecule has 2 heterocycles. The molecular weight excluding hydrogens is 949 g/mol. The molecular formula is C74H52N2O2. The molecule has 4 nitrogen and oxygen atoms in total. The predicted octanol–water partition coefficient (Wildman–Crippen LogP) is 21.6. The topological polar surface area (TPSA) is 32.8 Å². The zero-order valence-corrected chi connectivity index (χ0v) is 43.5. The molecule has 0 aliphatic rings. The van der Waals surface area contributed by atoms with E-state index in [-0.39, 0.29) is 5.41 Å². The Morgan fingerprint density at radius 3 is 1.21 bits per heavy atom. The smallest absolute Gasteiger partial charge is 0.143 e. The quantitative estimate of drug-likeness (QED) is 0.135. The summed E-state index contributed by atoms with van der Waals surface area (Å²) in [6, 6.07) is 94.5. The SMILES string of the molecule is CC(C)(C)c1cc2ccc3c(-c4ccc(N(c5ccccc5)c5ccc(-c6cccc7c6oc6ccccc67)cc5)cc4)cc(N(c4ccccc4)c4ccc(-c5cccc6c5oc5ccccc56)cc4)c4ccc(c1)c2c34. The third-order valence-corrected chi connectivity index (χ3v) is 15.9. The second kappa shape index (κ2) is 17.9. The second-order valence-electron chi connectivity index (χ2n) is 21.6. The van der Waals surface area contributed by atoms with Gasteiger partial charge in [0.15, 0.2) is 0 Å². The highest BCUT2D eigenvalue weighted by Gasteiger charge is 2.25. The Balaban J connectivity index is 0.877. The number of benzene rings is 13.